The number of hydrogen-bond acceptors (Lipinski definition) is 5. The van der Waals surface area contributed by atoms with E-state index in [9.17, 15) is 9.59 Å². The van der Waals surface area contributed by atoms with Crippen molar-refractivity contribution in [1.82, 2.24) is 5.32 Å². The van der Waals surface area contributed by atoms with Crippen LogP contribution < -0.4 is 5.32 Å². The molecule has 2 aromatic heterocycles. The number of ether oxygens (including phenoxy) is 1. The van der Waals surface area contributed by atoms with E-state index in [1.54, 1.807) is 36.5 Å². The summed E-state index contributed by atoms with van der Waals surface area (Å²) in [5.41, 5.74) is 1.18. The second-order valence-corrected chi connectivity index (χ2v) is 7.01. The van der Waals surface area contributed by atoms with Gasteiger partial charge in [0.05, 0.1) is 6.54 Å². The standard InChI is InChI=1S/C18H16ClNO4S/c1-10-14-8-12(19)5-6-15(14)24-16(10)18(22)23-11(2)17(21)20-9-13-4-3-7-25-13/h3-8,11H,9H2,1-2H3,(H,20,21)/t11-/m0/s1. The normalized spacial score (nSPS) is 12.1. The Morgan fingerprint density at radius 1 is 1.36 bits per heavy atom. The molecular formula is C18H16ClNO4S. The Morgan fingerprint density at radius 2 is 2.16 bits per heavy atom. The van der Waals surface area contributed by atoms with E-state index in [2.05, 4.69) is 5.32 Å². The number of esters is 1. The van der Waals surface area contributed by atoms with Crippen LogP contribution in [-0.4, -0.2) is 18.0 Å². The van der Waals surface area contributed by atoms with Crippen LogP contribution in [0.2, 0.25) is 5.02 Å². The van der Waals surface area contributed by atoms with Crippen molar-refractivity contribution in [3.05, 3.63) is 56.9 Å². The van der Waals surface area contributed by atoms with Crippen LogP contribution in [0.1, 0.15) is 27.9 Å². The number of amides is 1. The van der Waals surface area contributed by atoms with Crippen LogP contribution in [0.3, 0.4) is 0 Å². The largest absolute Gasteiger partial charge is 0.449 e. The highest BCUT2D eigenvalue weighted by atomic mass is 35.5. The maximum atomic E-state index is 12.3. The molecule has 0 saturated carbocycles. The number of nitrogens with one attached hydrogen (secondary N) is 1. The van der Waals surface area contributed by atoms with Crippen molar-refractivity contribution in [3.8, 4) is 0 Å². The fourth-order valence-corrected chi connectivity index (χ4v) is 3.20. The van der Waals surface area contributed by atoms with Crippen LogP contribution in [0.4, 0.5) is 0 Å². The quantitative estimate of drug-likeness (QED) is 0.672. The maximum absolute atomic E-state index is 12.3. The number of furan rings is 1. The lowest BCUT2D eigenvalue weighted by Gasteiger charge is -2.12. The van der Waals surface area contributed by atoms with Crippen molar-refractivity contribution in [3.63, 3.8) is 0 Å². The maximum Gasteiger partial charge on any atom is 0.375 e. The first-order chi connectivity index (χ1) is 12.0. The van der Waals surface area contributed by atoms with Crippen molar-refractivity contribution in [2.45, 2.75) is 26.5 Å². The molecule has 0 fully saturated rings. The summed E-state index contributed by atoms with van der Waals surface area (Å²) in [6.07, 6.45) is -0.927. The number of carbonyl (C=O) groups excluding carboxylic acids is 2. The van der Waals surface area contributed by atoms with Crippen LogP contribution in [0.5, 0.6) is 0 Å². The lowest BCUT2D eigenvalue weighted by molar-refractivity contribution is -0.129. The molecule has 2 heterocycles. The smallest absolute Gasteiger partial charge is 0.375 e. The summed E-state index contributed by atoms with van der Waals surface area (Å²) in [6.45, 7) is 3.68. The Balaban J connectivity index is 1.67. The van der Waals surface area contributed by atoms with Crippen molar-refractivity contribution >= 4 is 45.8 Å². The van der Waals surface area contributed by atoms with Crippen LogP contribution in [0.15, 0.2) is 40.1 Å². The zero-order valence-corrected chi connectivity index (χ0v) is 15.2. The van der Waals surface area contributed by atoms with E-state index in [4.69, 9.17) is 20.8 Å². The van der Waals surface area contributed by atoms with Crippen LogP contribution in [0, 0.1) is 6.92 Å². The Labute approximate surface area is 153 Å². The van der Waals surface area contributed by atoms with Gasteiger partial charge in [-0.25, -0.2) is 4.79 Å². The highest BCUT2D eigenvalue weighted by Gasteiger charge is 2.24. The molecule has 0 aliphatic rings. The Morgan fingerprint density at radius 3 is 2.88 bits per heavy atom. The fraction of sp³-hybridized carbons (Fsp3) is 0.222. The van der Waals surface area contributed by atoms with Gasteiger partial charge in [-0.3, -0.25) is 4.79 Å². The second kappa shape index (κ2) is 7.29. The highest BCUT2D eigenvalue weighted by molar-refractivity contribution is 7.09. The van der Waals surface area contributed by atoms with Crippen molar-refractivity contribution < 1.29 is 18.7 Å². The van der Waals surface area contributed by atoms with Gasteiger partial charge in [-0.1, -0.05) is 17.7 Å². The molecule has 1 amide bonds. The molecular weight excluding hydrogens is 362 g/mol. The van der Waals surface area contributed by atoms with E-state index in [1.807, 2.05) is 17.5 Å². The average molecular weight is 378 g/mol. The van der Waals surface area contributed by atoms with Gasteiger partial charge in [0.2, 0.25) is 5.76 Å². The van der Waals surface area contributed by atoms with E-state index in [0.29, 0.717) is 22.7 Å². The topological polar surface area (TPSA) is 68.5 Å². The van der Waals surface area contributed by atoms with E-state index in [1.165, 1.54) is 6.92 Å². The summed E-state index contributed by atoms with van der Waals surface area (Å²) >= 11 is 7.52. The molecule has 0 radical (unpaired) electrons. The number of benzene rings is 1. The Bertz CT molecular complexity index is 917. The molecule has 0 aliphatic heterocycles. The SMILES string of the molecule is Cc1c(C(=O)O[C@@H](C)C(=O)NCc2cccs2)oc2ccc(Cl)cc12. The summed E-state index contributed by atoms with van der Waals surface area (Å²) in [6, 6.07) is 8.93. The van der Waals surface area contributed by atoms with Crippen LogP contribution in [0.25, 0.3) is 11.0 Å². The predicted octanol–water partition coefficient (Wildman–Crippen LogP) is 4.32. The molecule has 3 rings (SSSR count). The number of hydrogen-bond donors (Lipinski definition) is 1. The Hall–Kier alpha value is -2.31. The average Bonchev–Trinajstić information content (AvgIpc) is 3.21. The summed E-state index contributed by atoms with van der Waals surface area (Å²) in [5, 5.41) is 5.97. The molecule has 0 bridgehead atoms. The number of rotatable bonds is 5. The van der Waals surface area contributed by atoms with Gasteiger partial charge in [-0.2, -0.15) is 0 Å². The van der Waals surface area contributed by atoms with E-state index < -0.39 is 12.1 Å². The summed E-state index contributed by atoms with van der Waals surface area (Å²) in [5.74, 6) is -0.961. The number of halogens is 1. The van der Waals surface area contributed by atoms with E-state index >= 15 is 0 Å². The summed E-state index contributed by atoms with van der Waals surface area (Å²) in [7, 11) is 0. The minimum atomic E-state index is -0.927. The van der Waals surface area contributed by atoms with E-state index in [-0.39, 0.29) is 11.7 Å². The van der Waals surface area contributed by atoms with Gasteiger partial charge >= 0.3 is 5.97 Å². The zero-order valence-electron chi connectivity index (χ0n) is 13.7. The molecule has 5 nitrogen and oxygen atoms in total. The predicted molar refractivity (Wildman–Crippen MR) is 97.0 cm³/mol. The van der Waals surface area contributed by atoms with Gasteiger partial charge in [0.25, 0.3) is 5.91 Å². The van der Waals surface area contributed by atoms with E-state index in [0.717, 1.165) is 10.3 Å². The van der Waals surface area contributed by atoms with Crippen molar-refractivity contribution in [1.29, 1.82) is 0 Å². The third kappa shape index (κ3) is 3.86. The molecule has 1 N–H and O–H groups in total. The van der Waals surface area contributed by atoms with Crippen molar-refractivity contribution in [2.75, 3.05) is 0 Å². The van der Waals surface area contributed by atoms with Gasteiger partial charge in [-0.05, 0) is 43.5 Å². The minimum absolute atomic E-state index is 0.0789. The molecule has 0 aliphatic carbocycles. The molecule has 130 valence electrons. The first-order valence-electron chi connectivity index (χ1n) is 7.65. The zero-order chi connectivity index (χ0) is 18.0. The third-order valence-electron chi connectivity index (χ3n) is 3.75. The molecule has 0 saturated heterocycles. The van der Waals surface area contributed by atoms with Gasteiger partial charge in [-0.15, -0.1) is 11.3 Å². The van der Waals surface area contributed by atoms with Crippen LogP contribution >= 0.6 is 22.9 Å². The molecule has 1 aromatic carbocycles. The van der Waals surface area contributed by atoms with Gasteiger partial charge in [0.15, 0.2) is 6.10 Å². The lowest BCUT2D eigenvalue weighted by atomic mass is 10.1. The molecule has 3 aromatic rings. The van der Waals surface area contributed by atoms with Gasteiger partial charge < -0.3 is 14.5 Å². The number of fused-ring (bicyclic) bond motifs is 1. The highest BCUT2D eigenvalue weighted by Crippen LogP contribution is 2.28. The lowest BCUT2D eigenvalue weighted by Crippen LogP contribution is -2.35. The van der Waals surface area contributed by atoms with Crippen LogP contribution in [-0.2, 0) is 16.1 Å². The minimum Gasteiger partial charge on any atom is -0.449 e. The first kappa shape index (κ1) is 17.5. The second-order valence-electron chi connectivity index (χ2n) is 5.54. The van der Waals surface area contributed by atoms with Gasteiger partial charge in [0, 0.05) is 20.8 Å². The molecule has 0 unspecified atom stereocenters. The number of thiophene rings is 1. The van der Waals surface area contributed by atoms with Gasteiger partial charge in [0.1, 0.15) is 5.58 Å². The molecule has 25 heavy (non-hydrogen) atoms. The summed E-state index contributed by atoms with van der Waals surface area (Å²) < 4.78 is 10.8. The first-order valence-corrected chi connectivity index (χ1v) is 8.91. The molecule has 7 heteroatoms. The Kier molecular flexibility index (Phi) is 5.11. The number of carbonyl (C=O) groups is 2. The fourth-order valence-electron chi connectivity index (χ4n) is 2.39. The van der Waals surface area contributed by atoms with Crippen molar-refractivity contribution in [2.24, 2.45) is 0 Å². The molecule has 0 spiro atoms. The monoisotopic (exact) mass is 377 g/mol. The third-order valence-corrected chi connectivity index (χ3v) is 4.87. The molecule has 1 atom stereocenters. The number of aryl methyl sites for hydroxylation is 1. The summed E-state index contributed by atoms with van der Waals surface area (Å²) in [4.78, 5) is 25.4.